The number of nitrogens with zero attached hydrogens (tertiary/aromatic N) is 3. The molecule has 0 unspecified atom stereocenters. The molecule has 8 heteroatoms. The van der Waals surface area contributed by atoms with Crippen molar-refractivity contribution in [2.75, 3.05) is 5.32 Å². The summed E-state index contributed by atoms with van der Waals surface area (Å²) in [5.41, 5.74) is 0.261. The molecule has 0 saturated heterocycles. The number of nitrogens with one attached hydrogen (secondary N) is 2. The summed E-state index contributed by atoms with van der Waals surface area (Å²) < 4.78 is 1.67. The first-order valence-corrected chi connectivity index (χ1v) is 5.78. The number of anilines is 1. The molecular weight excluding hydrogens is 262 g/mol. The first-order valence-electron chi connectivity index (χ1n) is 5.78. The van der Waals surface area contributed by atoms with Gasteiger partial charge >= 0.3 is 12.0 Å². The maximum Gasteiger partial charge on any atom is 0.337 e. The largest absolute Gasteiger partial charge is 0.478 e. The van der Waals surface area contributed by atoms with Gasteiger partial charge in [0.25, 0.3) is 0 Å². The monoisotopic (exact) mass is 275 g/mol. The highest BCUT2D eigenvalue weighted by molar-refractivity contribution is 5.99. The van der Waals surface area contributed by atoms with Crippen LogP contribution in [0.15, 0.2) is 30.6 Å². The molecule has 0 saturated carbocycles. The zero-order valence-electron chi connectivity index (χ0n) is 10.7. The Bertz CT molecular complexity index is 638. The maximum atomic E-state index is 11.7. The third kappa shape index (κ3) is 3.10. The van der Waals surface area contributed by atoms with E-state index in [1.165, 1.54) is 18.5 Å². The summed E-state index contributed by atoms with van der Waals surface area (Å²) in [4.78, 5) is 22.7. The number of carboxylic acid groups (broad SMARTS) is 1. The van der Waals surface area contributed by atoms with Crippen molar-refractivity contribution < 1.29 is 14.7 Å². The van der Waals surface area contributed by atoms with E-state index in [4.69, 9.17) is 5.11 Å². The van der Waals surface area contributed by atoms with Gasteiger partial charge in [-0.3, -0.25) is 0 Å². The molecule has 20 heavy (non-hydrogen) atoms. The summed E-state index contributed by atoms with van der Waals surface area (Å²) in [5.74, 6) is -0.513. The SMILES string of the molecule is Cn1cnnc1CNC(=O)Nc1ccccc1C(=O)O. The number of carboxylic acids is 1. The fourth-order valence-corrected chi connectivity index (χ4v) is 1.57. The molecule has 1 aromatic heterocycles. The van der Waals surface area contributed by atoms with Crippen LogP contribution in [0.25, 0.3) is 0 Å². The molecule has 0 aliphatic rings. The Morgan fingerprint density at radius 2 is 2.10 bits per heavy atom. The van der Waals surface area contributed by atoms with E-state index < -0.39 is 12.0 Å². The lowest BCUT2D eigenvalue weighted by molar-refractivity contribution is 0.0698. The highest BCUT2D eigenvalue weighted by Crippen LogP contribution is 2.14. The smallest absolute Gasteiger partial charge is 0.337 e. The van der Waals surface area contributed by atoms with Crippen molar-refractivity contribution in [1.82, 2.24) is 20.1 Å². The van der Waals surface area contributed by atoms with Gasteiger partial charge < -0.3 is 20.3 Å². The lowest BCUT2D eigenvalue weighted by Crippen LogP contribution is -2.29. The summed E-state index contributed by atoms with van der Waals surface area (Å²) in [6.45, 7) is 0.192. The molecule has 104 valence electrons. The molecule has 2 amide bonds. The second-order valence-corrected chi connectivity index (χ2v) is 4.02. The van der Waals surface area contributed by atoms with Gasteiger partial charge in [-0.05, 0) is 12.1 Å². The van der Waals surface area contributed by atoms with E-state index in [-0.39, 0.29) is 17.8 Å². The normalized spacial score (nSPS) is 10.1. The molecule has 0 aliphatic heterocycles. The lowest BCUT2D eigenvalue weighted by atomic mass is 10.2. The Hall–Kier alpha value is -2.90. The van der Waals surface area contributed by atoms with E-state index in [0.29, 0.717) is 5.82 Å². The quantitative estimate of drug-likeness (QED) is 0.765. The molecule has 0 aliphatic carbocycles. The summed E-state index contributed by atoms with van der Waals surface area (Å²) >= 11 is 0. The third-order valence-corrected chi connectivity index (χ3v) is 2.62. The van der Waals surface area contributed by atoms with Crippen LogP contribution in [-0.2, 0) is 13.6 Å². The fraction of sp³-hybridized carbons (Fsp3) is 0.167. The van der Waals surface area contributed by atoms with E-state index in [9.17, 15) is 9.59 Å². The number of aromatic carboxylic acids is 1. The Labute approximate surface area is 114 Å². The van der Waals surface area contributed by atoms with Crippen molar-refractivity contribution in [2.24, 2.45) is 7.05 Å². The van der Waals surface area contributed by atoms with Crippen molar-refractivity contribution in [3.8, 4) is 0 Å². The number of rotatable bonds is 4. The molecule has 0 atom stereocenters. The standard InChI is InChI=1S/C12H13N5O3/c1-17-7-14-16-10(17)6-13-12(20)15-9-5-3-2-4-8(9)11(18)19/h2-5,7H,6H2,1H3,(H,18,19)(H2,13,15,20). The van der Waals surface area contributed by atoms with Crippen LogP contribution in [0, 0.1) is 0 Å². The highest BCUT2D eigenvalue weighted by Gasteiger charge is 2.11. The molecule has 0 bridgehead atoms. The number of aromatic nitrogens is 3. The number of hydrogen-bond acceptors (Lipinski definition) is 4. The second-order valence-electron chi connectivity index (χ2n) is 4.02. The number of para-hydroxylation sites is 1. The van der Waals surface area contributed by atoms with Gasteiger partial charge in [-0.15, -0.1) is 10.2 Å². The van der Waals surface area contributed by atoms with E-state index in [0.717, 1.165) is 0 Å². The topological polar surface area (TPSA) is 109 Å². The predicted molar refractivity (Wildman–Crippen MR) is 70.3 cm³/mol. The van der Waals surface area contributed by atoms with Crippen molar-refractivity contribution in [1.29, 1.82) is 0 Å². The Morgan fingerprint density at radius 1 is 1.35 bits per heavy atom. The first kappa shape index (κ1) is 13.5. The Morgan fingerprint density at radius 3 is 2.75 bits per heavy atom. The van der Waals surface area contributed by atoms with E-state index in [1.807, 2.05) is 0 Å². The van der Waals surface area contributed by atoms with Crippen molar-refractivity contribution in [2.45, 2.75) is 6.54 Å². The molecule has 0 spiro atoms. The average molecular weight is 275 g/mol. The molecule has 2 rings (SSSR count). The maximum absolute atomic E-state index is 11.7. The number of carbonyl (C=O) groups excluding carboxylic acids is 1. The molecule has 1 heterocycles. The highest BCUT2D eigenvalue weighted by atomic mass is 16.4. The van der Waals surface area contributed by atoms with Crippen LogP contribution in [0.2, 0.25) is 0 Å². The summed E-state index contributed by atoms with van der Waals surface area (Å²) in [7, 11) is 1.76. The zero-order chi connectivity index (χ0) is 14.5. The average Bonchev–Trinajstić information content (AvgIpc) is 2.82. The van der Waals surface area contributed by atoms with E-state index >= 15 is 0 Å². The Balaban J connectivity index is 1.98. The molecule has 8 nitrogen and oxygen atoms in total. The number of benzene rings is 1. The van der Waals surface area contributed by atoms with Crippen LogP contribution in [0.1, 0.15) is 16.2 Å². The van der Waals surface area contributed by atoms with Crippen LogP contribution in [0.3, 0.4) is 0 Å². The molecule has 0 radical (unpaired) electrons. The van der Waals surface area contributed by atoms with Gasteiger partial charge in [-0.1, -0.05) is 12.1 Å². The van der Waals surface area contributed by atoms with E-state index in [1.54, 1.807) is 23.7 Å². The van der Waals surface area contributed by atoms with Gasteiger partial charge in [0.2, 0.25) is 0 Å². The van der Waals surface area contributed by atoms with Crippen molar-refractivity contribution in [3.63, 3.8) is 0 Å². The number of amides is 2. The van der Waals surface area contributed by atoms with Crippen LogP contribution in [-0.4, -0.2) is 31.9 Å². The van der Waals surface area contributed by atoms with Crippen molar-refractivity contribution >= 4 is 17.7 Å². The van der Waals surface area contributed by atoms with E-state index in [2.05, 4.69) is 20.8 Å². The predicted octanol–water partition coefficient (Wildman–Crippen LogP) is 0.835. The summed E-state index contributed by atoms with van der Waals surface area (Å²) in [5, 5.41) is 21.6. The number of carbonyl (C=O) groups is 2. The minimum atomic E-state index is -1.10. The van der Waals surface area contributed by atoms with Crippen LogP contribution < -0.4 is 10.6 Å². The fourth-order valence-electron chi connectivity index (χ4n) is 1.57. The number of hydrogen-bond donors (Lipinski definition) is 3. The van der Waals surface area contributed by atoms with Crippen LogP contribution in [0.5, 0.6) is 0 Å². The number of urea groups is 1. The van der Waals surface area contributed by atoms with Gasteiger partial charge in [0.1, 0.15) is 6.33 Å². The van der Waals surface area contributed by atoms with Gasteiger partial charge in [0.05, 0.1) is 17.8 Å². The Kier molecular flexibility index (Phi) is 3.94. The zero-order valence-corrected chi connectivity index (χ0v) is 10.7. The lowest BCUT2D eigenvalue weighted by Gasteiger charge is -2.09. The van der Waals surface area contributed by atoms with Gasteiger partial charge in [-0.25, -0.2) is 9.59 Å². The van der Waals surface area contributed by atoms with Gasteiger partial charge in [-0.2, -0.15) is 0 Å². The molecule has 2 aromatic rings. The second kappa shape index (κ2) is 5.83. The molecule has 3 N–H and O–H groups in total. The number of aryl methyl sites for hydroxylation is 1. The third-order valence-electron chi connectivity index (χ3n) is 2.62. The summed E-state index contributed by atoms with van der Waals surface area (Å²) in [6.07, 6.45) is 1.52. The molecular formula is C12H13N5O3. The first-order chi connectivity index (χ1) is 9.58. The van der Waals surface area contributed by atoms with Crippen LogP contribution >= 0.6 is 0 Å². The minimum Gasteiger partial charge on any atom is -0.478 e. The summed E-state index contributed by atoms with van der Waals surface area (Å²) in [6, 6.07) is 5.66. The molecule has 1 aromatic carbocycles. The van der Waals surface area contributed by atoms with Gasteiger partial charge in [0.15, 0.2) is 5.82 Å². The molecule has 0 fully saturated rings. The van der Waals surface area contributed by atoms with Gasteiger partial charge in [0, 0.05) is 7.05 Å². The van der Waals surface area contributed by atoms with Crippen LogP contribution in [0.4, 0.5) is 10.5 Å². The van der Waals surface area contributed by atoms with Crippen molar-refractivity contribution in [3.05, 3.63) is 42.0 Å². The minimum absolute atomic E-state index is 0.0290.